The summed E-state index contributed by atoms with van der Waals surface area (Å²) in [5.74, 6) is 3.46. The monoisotopic (exact) mass is 382 g/mol. The number of aliphatic hydroxyl groups excluding tert-OH is 1. The fourth-order valence-electron chi connectivity index (χ4n) is 3.74. The quantitative estimate of drug-likeness (QED) is 0.777. The van der Waals surface area contributed by atoms with E-state index in [-0.39, 0.29) is 12.5 Å². The van der Waals surface area contributed by atoms with Crippen LogP contribution in [0.1, 0.15) is 57.8 Å². The summed E-state index contributed by atoms with van der Waals surface area (Å²) in [5.41, 5.74) is 1.28. The van der Waals surface area contributed by atoms with Gasteiger partial charge in [0.05, 0.1) is 0 Å². The molecule has 3 rings (SSSR count). The Labute approximate surface area is 169 Å². The predicted octanol–water partition coefficient (Wildman–Crippen LogP) is 4.22. The third-order valence-electron chi connectivity index (χ3n) is 5.45. The van der Waals surface area contributed by atoms with Crippen LogP contribution in [0.25, 0.3) is 0 Å². The van der Waals surface area contributed by atoms with Gasteiger partial charge in [0.2, 0.25) is 0 Å². The summed E-state index contributed by atoms with van der Waals surface area (Å²) in [6, 6.07) is 13.0. The van der Waals surface area contributed by atoms with Crippen molar-refractivity contribution in [2.24, 2.45) is 5.92 Å². The van der Waals surface area contributed by atoms with Crippen LogP contribution in [0.2, 0.25) is 0 Å². The minimum absolute atomic E-state index is 0.248. The summed E-state index contributed by atoms with van der Waals surface area (Å²) >= 11 is 0. The van der Waals surface area contributed by atoms with Crippen LogP contribution in [0.5, 0.6) is 0 Å². The van der Waals surface area contributed by atoms with Crippen LogP contribution in [0, 0.1) is 5.92 Å². The molecular weight excluding hydrogens is 348 g/mol. The average molecular weight is 383 g/mol. The van der Waals surface area contributed by atoms with Gasteiger partial charge in [0.15, 0.2) is 0 Å². The number of anilines is 2. The number of rotatable bonds is 7. The highest BCUT2D eigenvalue weighted by Crippen LogP contribution is 2.28. The van der Waals surface area contributed by atoms with Crippen LogP contribution in [0.4, 0.5) is 11.6 Å². The van der Waals surface area contributed by atoms with Crippen molar-refractivity contribution in [1.29, 1.82) is 0 Å². The molecule has 1 aliphatic heterocycles. The molecule has 0 amide bonds. The maximum atomic E-state index is 9.61. The van der Waals surface area contributed by atoms with Crippen LogP contribution >= 0.6 is 0 Å². The van der Waals surface area contributed by atoms with Crippen molar-refractivity contribution in [1.82, 2.24) is 9.97 Å². The number of piperidine rings is 1. The second kappa shape index (κ2) is 9.37. The molecule has 5 nitrogen and oxygen atoms in total. The summed E-state index contributed by atoms with van der Waals surface area (Å²) in [6.07, 6.45) is 2.19. The molecule has 152 valence electrons. The molecule has 5 heteroatoms. The molecule has 0 bridgehead atoms. The number of aliphatic hydroxyl groups is 1. The summed E-state index contributed by atoms with van der Waals surface area (Å²) in [5, 5.41) is 9.61. The number of aromatic nitrogens is 2. The first-order chi connectivity index (χ1) is 13.5. The maximum absolute atomic E-state index is 9.61. The van der Waals surface area contributed by atoms with Crippen LogP contribution < -0.4 is 9.80 Å². The molecule has 1 aliphatic rings. The highest BCUT2D eigenvalue weighted by atomic mass is 16.3. The van der Waals surface area contributed by atoms with Gasteiger partial charge in [-0.05, 0) is 38.2 Å². The zero-order valence-electron chi connectivity index (χ0n) is 17.7. The standard InChI is InChI=1S/C23H34N4O/c1-17(2)23-24-21(26-12-8-11-20(14-26)16-28)13-22(25-23)27(18(3)4)15-19-9-6-5-7-10-19/h5-7,9-10,13,17-18,20,28H,8,11-12,14-16H2,1-4H3. The fourth-order valence-corrected chi connectivity index (χ4v) is 3.74. The van der Waals surface area contributed by atoms with E-state index in [4.69, 9.17) is 9.97 Å². The fraction of sp³-hybridized carbons (Fsp3) is 0.565. The van der Waals surface area contributed by atoms with E-state index in [1.54, 1.807) is 0 Å². The molecule has 2 aromatic rings. The van der Waals surface area contributed by atoms with E-state index in [1.807, 2.05) is 0 Å². The van der Waals surface area contributed by atoms with Crippen molar-refractivity contribution in [3.05, 3.63) is 47.8 Å². The Hall–Kier alpha value is -2.14. The number of nitrogens with zero attached hydrogens (tertiary/aromatic N) is 4. The zero-order chi connectivity index (χ0) is 20.1. The third kappa shape index (κ3) is 5.02. The van der Waals surface area contributed by atoms with E-state index in [2.05, 4.69) is 73.9 Å². The van der Waals surface area contributed by atoms with Crippen molar-refractivity contribution < 1.29 is 5.11 Å². The van der Waals surface area contributed by atoms with E-state index in [0.29, 0.717) is 12.0 Å². The lowest BCUT2D eigenvalue weighted by atomic mass is 9.99. The Balaban J connectivity index is 1.95. The van der Waals surface area contributed by atoms with Crippen LogP contribution in [0.15, 0.2) is 36.4 Å². The van der Waals surface area contributed by atoms with Crippen LogP contribution in [-0.4, -0.2) is 40.8 Å². The van der Waals surface area contributed by atoms with E-state index >= 15 is 0 Å². The van der Waals surface area contributed by atoms with Crippen molar-refractivity contribution in [3.63, 3.8) is 0 Å². The Morgan fingerprint density at radius 2 is 1.89 bits per heavy atom. The molecule has 1 unspecified atom stereocenters. The minimum Gasteiger partial charge on any atom is -0.396 e. The van der Waals surface area contributed by atoms with Crippen molar-refractivity contribution >= 4 is 11.6 Å². The Kier molecular flexibility index (Phi) is 6.89. The van der Waals surface area contributed by atoms with Gasteiger partial charge in [-0.15, -0.1) is 0 Å². The Bertz CT molecular complexity index is 748. The maximum Gasteiger partial charge on any atom is 0.135 e. The molecule has 1 aromatic heterocycles. The smallest absolute Gasteiger partial charge is 0.135 e. The number of benzene rings is 1. The zero-order valence-corrected chi connectivity index (χ0v) is 17.7. The average Bonchev–Trinajstić information content (AvgIpc) is 2.72. The van der Waals surface area contributed by atoms with E-state index < -0.39 is 0 Å². The first-order valence-corrected chi connectivity index (χ1v) is 10.5. The van der Waals surface area contributed by atoms with Gasteiger partial charge in [-0.3, -0.25) is 0 Å². The Morgan fingerprint density at radius 1 is 1.14 bits per heavy atom. The van der Waals surface area contributed by atoms with Crippen molar-refractivity contribution in [2.45, 2.75) is 59.0 Å². The predicted molar refractivity (Wildman–Crippen MR) is 116 cm³/mol. The number of hydrogen-bond donors (Lipinski definition) is 1. The highest BCUT2D eigenvalue weighted by molar-refractivity contribution is 5.52. The second-order valence-electron chi connectivity index (χ2n) is 8.44. The largest absolute Gasteiger partial charge is 0.396 e. The van der Waals surface area contributed by atoms with E-state index in [9.17, 15) is 5.11 Å². The molecule has 2 heterocycles. The molecule has 1 aromatic carbocycles. The molecule has 0 aliphatic carbocycles. The summed E-state index contributed by atoms with van der Waals surface area (Å²) < 4.78 is 0. The second-order valence-corrected chi connectivity index (χ2v) is 8.44. The van der Waals surface area contributed by atoms with Gasteiger partial charge in [-0.1, -0.05) is 44.2 Å². The van der Waals surface area contributed by atoms with Crippen LogP contribution in [-0.2, 0) is 6.54 Å². The molecule has 1 atom stereocenters. The molecule has 0 radical (unpaired) electrons. The lowest BCUT2D eigenvalue weighted by molar-refractivity contribution is 0.208. The molecule has 0 spiro atoms. The first kappa shape index (κ1) is 20.6. The summed E-state index contributed by atoms with van der Waals surface area (Å²) in [6.45, 7) is 11.6. The third-order valence-corrected chi connectivity index (χ3v) is 5.45. The van der Waals surface area contributed by atoms with Gasteiger partial charge in [-0.2, -0.15) is 0 Å². The first-order valence-electron chi connectivity index (χ1n) is 10.5. The summed E-state index contributed by atoms with van der Waals surface area (Å²) in [7, 11) is 0. The molecule has 1 saturated heterocycles. The lowest BCUT2D eigenvalue weighted by Crippen LogP contribution is -2.38. The topological polar surface area (TPSA) is 52.5 Å². The van der Waals surface area contributed by atoms with E-state index in [0.717, 1.165) is 49.9 Å². The van der Waals surface area contributed by atoms with E-state index in [1.165, 1.54) is 5.56 Å². The van der Waals surface area contributed by atoms with Crippen molar-refractivity contribution in [2.75, 3.05) is 29.5 Å². The lowest BCUT2D eigenvalue weighted by Gasteiger charge is -2.34. The minimum atomic E-state index is 0.248. The van der Waals surface area contributed by atoms with Gasteiger partial charge < -0.3 is 14.9 Å². The van der Waals surface area contributed by atoms with Crippen LogP contribution in [0.3, 0.4) is 0 Å². The summed E-state index contributed by atoms with van der Waals surface area (Å²) in [4.78, 5) is 14.5. The Morgan fingerprint density at radius 3 is 2.54 bits per heavy atom. The molecule has 28 heavy (non-hydrogen) atoms. The molecule has 1 fully saturated rings. The highest BCUT2D eigenvalue weighted by Gasteiger charge is 2.23. The van der Waals surface area contributed by atoms with Gasteiger partial charge in [-0.25, -0.2) is 9.97 Å². The normalized spacial score (nSPS) is 17.4. The molecule has 0 saturated carbocycles. The van der Waals surface area contributed by atoms with Gasteiger partial charge in [0.1, 0.15) is 17.5 Å². The molecule has 1 N–H and O–H groups in total. The van der Waals surface area contributed by atoms with Crippen molar-refractivity contribution in [3.8, 4) is 0 Å². The van der Waals surface area contributed by atoms with Gasteiger partial charge in [0, 0.05) is 44.3 Å². The number of hydrogen-bond acceptors (Lipinski definition) is 5. The molecular formula is C23H34N4O. The SMILES string of the molecule is CC(C)c1nc(N2CCCC(CO)C2)cc(N(Cc2ccccc2)C(C)C)n1. The van der Waals surface area contributed by atoms with Gasteiger partial charge in [0.25, 0.3) is 0 Å². The van der Waals surface area contributed by atoms with Gasteiger partial charge >= 0.3 is 0 Å².